The molecule has 4 nitrogen and oxygen atoms in total. The van der Waals surface area contributed by atoms with Crippen molar-refractivity contribution in [1.29, 1.82) is 0 Å². The third-order valence-corrected chi connectivity index (χ3v) is 5.51. The monoisotopic (exact) mass is 400 g/mol. The molecule has 2 rings (SSSR count). The molecule has 1 heterocycles. The van der Waals surface area contributed by atoms with Crippen LogP contribution in [0.2, 0.25) is 0 Å². The molecule has 6 heteroatoms. The zero-order valence-electron chi connectivity index (χ0n) is 13.4. The molecule has 1 aromatic rings. The zero-order chi connectivity index (χ0) is 17.0. The van der Waals surface area contributed by atoms with Gasteiger partial charge >= 0.3 is 0 Å². The van der Waals surface area contributed by atoms with Crippen LogP contribution in [0.5, 0.6) is 0 Å². The van der Waals surface area contributed by atoms with Crippen molar-refractivity contribution in [1.82, 2.24) is 10.2 Å². The third-order valence-electron chi connectivity index (χ3n) is 4.15. The van der Waals surface area contributed by atoms with E-state index in [9.17, 15) is 9.59 Å². The number of nitrogens with zero attached hydrogens (tertiary/aromatic N) is 1. The number of alkyl halides is 1. The molecule has 0 aromatic heterocycles. The fourth-order valence-electron chi connectivity index (χ4n) is 2.62. The first-order valence-electron chi connectivity index (χ1n) is 7.76. The van der Waals surface area contributed by atoms with E-state index in [1.807, 2.05) is 36.9 Å². The van der Waals surface area contributed by atoms with E-state index < -0.39 is 5.41 Å². The van der Waals surface area contributed by atoms with Gasteiger partial charge in [-0.05, 0) is 54.8 Å². The van der Waals surface area contributed by atoms with E-state index in [2.05, 4.69) is 21.2 Å². The maximum atomic E-state index is 12.4. The number of nitrogens with one attached hydrogen (secondary N) is 1. The molecule has 126 valence electrons. The van der Waals surface area contributed by atoms with Crippen molar-refractivity contribution < 1.29 is 9.59 Å². The van der Waals surface area contributed by atoms with E-state index in [0.717, 1.165) is 17.3 Å². The minimum absolute atomic E-state index is 0.0802. The molecule has 0 unspecified atom stereocenters. The number of benzene rings is 1. The average molecular weight is 402 g/mol. The van der Waals surface area contributed by atoms with Crippen LogP contribution in [0.3, 0.4) is 0 Å². The zero-order valence-corrected chi connectivity index (χ0v) is 15.8. The molecule has 1 aliphatic rings. The molecule has 1 N–H and O–H groups in total. The molecule has 1 saturated heterocycles. The summed E-state index contributed by atoms with van der Waals surface area (Å²) in [5.74, 6) is 0.316. The van der Waals surface area contributed by atoms with Gasteiger partial charge in [-0.1, -0.05) is 12.1 Å². The van der Waals surface area contributed by atoms with Gasteiger partial charge in [0.05, 0.1) is 11.0 Å². The Morgan fingerprint density at radius 2 is 1.91 bits per heavy atom. The molecular formula is C17H22BrClN2O2. The SMILES string of the molecule is CC(C)(CCl)C(=O)N1CCC(NC(=O)c2ccccc2Br)CC1. The fraction of sp³-hybridized carbons (Fsp3) is 0.529. The molecule has 0 atom stereocenters. The summed E-state index contributed by atoms with van der Waals surface area (Å²) in [4.78, 5) is 26.6. The number of hydrogen-bond donors (Lipinski definition) is 1. The molecule has 0 spiro atoms. The van der Waals surface area contributed by atoms with Gasteiger partial charge in [-0.15, -0.1) is 11.6 Å². The van der Waals surface area contributed by atoms with E-state index in [1.54, 1.807) is 6.07 Å². The summed E-state index contributed by atoms with van der Waals surface area (Å²) in [6.45, 7) is 5.03. The summed E-state index contributed by atoms with van der Waals surface area (Å²) in [6.07, 6.45) is 1.53. The second-order valence-electron chi connectivity index (χ2n) is 6.54. The van der Waals surface area contributed by atoms with Gasteiger partial charge in [0.2, 0.25) is 5.91 Å². The highest BCUT2D eigenvalue weighted by molar-refractivity contribution is 9.10. The first-order valence-corrected chi connectivity index (χ1v) is 9.08. The first-order chi connectivity index (χ1) is 10.8. The van der Waals surface area contributed by atoms with Crippen molar-refractivity contribution in [2.45, 2.75) is 32.7 Å². The number of piperidine rings is 1. The summed E-state index contributed by atoms with van der Waals surface area (Å²) < 4.78 is 0.786. The molecular weight excluding hydrogens is 380 g/mol. The number of hydrogen-bond acceptors (Lipinski definition) is 2. The van der Waals surface area contributed by atoms with Crippen LogP contribution in [0.25, 0.3) is 0 Å². The Hall–Kier alpha value is -1.07. The molecule has 1 aromatic carbocycles. The summed E-state index contributed by atoms with van der Waals surface area (Å²) >= 11 is 9.27. The van der Waals surface area contributed by atoms with Crippen molar-refractivity contribution in [3.8, 4) is 0 Å². The molecule has 0 aliphatic carbocycles. The van der Waals surface area contributed by atoms with E-state index in [1.165, 1.54) is 0 Å². The number of halogens is 2. The third kappa shape index (κ3) is 4.48. The Morgan fingerprint density at radius 1 is 1.30 bits per heavy atom. The van der Waals surface area contributed by atoms with Crippen molar-refractivity contribution in [2.75, 3.05) is 19.0 Å². The van der Waals surface area contributed by atoms with Crippen LogP contribution in [-0.2, 0) is 4.79 Å². The maximum absolute atomic E-state index is 12.4. The molecule has 0 bridgehead atoms. The molecule has 1 aliphatic heterocycles. The fourth-order valence-corrected chi connectivity index (χ4v) is 3.20. The van der Waals surface area contributed by atoms with Gasteiger partial charge in [-0.2, -0.15) is 0 Å². The van der Waals surface area contributed by atoms with Gasteiger partial charge in [-0.3, -0.25) is 9.59 Å². The van der Waals surface area contributed by atoms with Crippen molar-refractivity contribution in [3.05, 3.63) is 34.3 Å². The van der Waals surface area contributed by atoms with Gasteiger partial charge in [0.15, 0.2) is 0 Å². The number of carbonyl (C=O) groups excluding carboxylic acids is 2. The highest BCUT2D eigenvalue weighted by Gasteiger charge is 2.33. The number of rotatable bonds is 4. The van der Waals surface area contributed by atoms with Crippen molar-refractivity contribution in [3.63, 3.8) is 0 Å². The van der Waals surface area contributed by atoms with E-state index in [4.69, 9.17) is 11.6 Å². The molecule has 23 heavy (non-hydrogen) atoms. The maximum Gasteiger partial charge on any atom is 0.252 e. The molecule has 2 amide bonds. The van der Waals surface area contributed by atoms with Crippen LogP contribution < -0.4 is 5.32 Å². The Kier molecular flexibility index (Phi) is 6.09. The lowest BCUT2D eigenvalue weighted by Gasteiger charge is -2.36. The lowest BCUT2D eigenvalue weighted by atomic mass is 9.92. The minimum Gasteiger partial charge on any atom is -0.349 e. The summed E-state index contributed by atoms with van der Waals surface area (Å²) in [5.41, 5.74) is 0.0984. The van der Waals surface area contributed by atoms with E-state index in [0.29, 0.717) is 24.5 Å². The van der Waals surface area contributed by atoms with Gasteiger partial charge in [0.1, 0.15) is 0 Å². The second kappa shape index (κ2) is 7.67. The standard InChI is InChI=1S/C17H22BrClN2O2/c1-17(2,11-19)16(23)21-9-7-12(8-10-21)20-15(22)13-5-3-4-6-14(13)18/h3-6,12H,7-11H2,1-2H3,(H,20,22). The highest BCUT2D eigenvalue weighted by Crippen LogP contribution is 2.23. The summed E-state index contributed by atoms with van der Waals surface area (Å²) in [6, 6.07) is 7.46. The normalized spacial score (nSPS) is 16.3. The Bertz CT molecular complexity index is 584. The lowest BCUT2D eigenvalue weighted by Crippen LogP contribution is -2.50. The largest absolute Gasteiger partial charge is 0.349 e. The van der Waals surface area contributed by atoms with Crippen LogP contribution in [0.4, 0.5) is 0 Å². The van der Waals surface area contributed by atoms with Crippen LogP contribution in [0.1, 0.15) is 37.0 Å². The van der Waals surface area contributed by atoms with Crippen LogP contribution in [-0.4, -0.2) is 41.7 Å². The quantitative estimate of drug-likeness (QED) is 0.786. The topological polar surface area (TPSA) is 49.4 Å². The smallest absolute Gasteiger partial charge is 0.252 e. The van der Waals surface area contributed by atoms with E-state index >= 15 is 0 Å². The average Bonchev–Trinajstić information content (AvgIpc) is 2.55. The predicted octanol–water partition coefficient (Wildman–Crippen LogP) is 3.43. The summed E-state index contributed by atoms with van der Waals surface area (Å²) in [7, 11) is 0. The van der Waals surface area contributed by atoms with E-state index in [-0.39, 0.29) is 17.9 Å². The number of likely N-dealkylation sites (tertiary alicyclic amines) is 1. The summed E-state index contributed by atoms with van der Waals surface area (Å²) in [5, 5.41) is 3.06. The molecule has 0 saturated carbocycles. The van der Waals surface area contributed by atoms with Crippen LogP contribution in [0, 0.1) is 5.41 Å². The molecule has 1 fully saturated rings. The minimum atomic E-state index is -0.535. The van der Waals surface area contributed by atoms with Crippen LogP contribution >= 0.6 is 27.5 Å². The Balaban J connectivity index is 1.89. The lowest BCUT2D eigenvalue weighted by molar-refractivity contribution is -0.140. The van der Waals surface area contributed by atoms with Gasteiger partial charge in [0.25, 0.3) is 5.91 Å². The van der Waals surface area contributed by atoms with Crippen molar-refractivity contribution >= 4 is 39.3 Å². The first kappa shape index (κ1) is 18.3. The number of amides is 2. The number of carbonyl (C=O) groups is 2. The van der Waals surface area contributed by atoms with Gasteiger partial charge < -0.3 is 10.2 Å². The van der Waals surface area contributed by atoms with Crippen molar-refractivity contribution in [2.24, 2.45) is 5.41 Å². The van der Waals surface area contributed by atoms with Crippen LogP contribution in [0.15, 0.2) is 28.7 Å². The predicted molar refractivity (Wildman–Crippen MR) is 95.7 cm³/mol. The van der Waals surface area contributed by atoms with Gasteiger partial charge in [0, 0.05) is 29.5 Å². The van der Waals surface area contributed by atoms with Gasteiger partial charge in [-0.25, -0.2) is 0 Å². The highest BCUT2D eigenvalue weighted by atomic mass is 79.9. The Morgan fingerprint density at radius 3 is 2.48 bits per heavy atom. The Labute approximate surface area is 150 Å². The molecule has 0 radical (unpaired) electrons. The second-order valence-corrected chi connectivity index (χ2v) is 7.66.